The van der Waals surface area contributed by atoms with Crippen molar-refractivity contribution in [1.29, 1.82) is 0 Å². The van der Waals surface area contributed by atoms with E-state index in [0.29, 0.717) is 18.4 Å². The second-order valence-electron chi connectivity index (χ2n) is 8.16. The number of carbonyl (C=O) groups excluding carboxylic acids is 1. The van der Waals surface area contributed by atoms with Crippen molar-refractivity contribution in [1.82, 2.24) is 10.2 Å². The van der Waals surface area contributed by atoms with Crippen LogP contribution < -0.4 is 10.6 Å². The summed E-state index contributed by atoms with van der Waals surface area (Å²) in [5.74, 6) is 0.531. The van der Waals surface area contributed by atoms with E-state index in [4.69, 9.17) is 0 Å². The van der Waals surface area contributed by atoms with Crippen molar-refractivity contribution in [3.05, 3.63) is 66.0 Å². The van der Waals surface area contributed by atoms with E-state index in [-0.39, 0.29) is 17.8 Å². The number of benzene rings is 2. The number of nitrogens with zero attached hydrogens (tertiary/aromatic N) is 1. The maximum atomic E-state index is 13.9. The summed E-state index contributed by atoms with van der Waals surface area (Å²) in [6, 6.07) is 16.4. The first-order chi connectivity index (χ1) is 13.0. The zero-order valence-corrected chi connectivity index (χ0v) is 15.8. The summed E-state index contributed by atoms with van der Waals surface area (Å²) in [6.45, 7) is 6.31. The third-order valence-corrected chi connectivity index (χ3v) is 5.78. The van der Waals surface area contributed by atoms with Crippen molar-refractivity contribution in [3.63, 3.8) is 0 Å². The van der Waals surface area contributed by atoms with Crippen molar-refractivity contribution in [2.45, 2.75) is 25.4 Å². The van der Waals surface area contributed by atoms with E-state index >= 15 is 0 Å². The third kappa shape index (κ3) is 3.44. The van der Waals surface area contributed by atoms with Crippen LogP contribution in [-0.4, -0.2) is 36.0 Å². The molecule has 2 saturated heterocycles. The van der Waals surface area contributed by atoms with Crippen LogP contribution in [0.5, 0.6) is 0 Å². The highest BCUT2D eigenvalue weighted by molar-refractivity contribution is 5.89. The normalized spacial score (nSPS) is 24.7. The minimum atomic E-state index is -0.751. The summed E-state index contributed by atoms with van der Waals surface area (Å²) < 4.78 is 13.9. The quantitative estimate of drug-likeness (QED) is 0.870. The van der Waals surface area contributed by atoms with Gasteiger partial charge >= 0.3 is 0 Å². The van der Waals surface area contributed by atoms with Gasteiger partial charge in [-0.05, 0) is 49.6 Å². The zero-order valence-electron chi connectivity index (χ0n) is 15.8. The van der Waals surface area contributed by atoms with Gasteiger partial charge in [0, 0.05) is 31.2 Å². The maximum Gasteiger partial charge on any atom is 0.248 e. The Morgan fingerprint density at radius 1 is 1.15 bits per heavy atom. The molecule has 2 aliphatic rings. The largest absolute Gasteiger partial charge is 0.372 e. The van der Waals surface area contributed by atoms with Crippen molar-refractivity contribution >= 4 is 11.6 Å². The monoisotopic (exact) mass is 367 g/mol. The Balaban J connectivity index is 1.63. The number of rotatable bonds is 4. The minimum Gasteiger partial charge on any atom is -0.372 e. The number of amides is 1. The topological polar surface area (TPSA) is 44.4 Å². The van der Waals surface area contributed by atoms with E-state index in [0.717, 1.165) is 24.3 Å². The highest BCUT2D eigenvalue weighted by Crippen LogP contribution is 2.43. The van der Waals surface area contributed by atoms with Gasteiger partial charge in [-0.3, -0.25) is 4.79 Å². The van der Waals surface area contributed by atoms with Gasteiger partial charge in [-0.15, -0.1) is 0 Å². The number of nitrogens with one attached hydrogen (secondary N) is 2. The molecule has 2 N–H and O–H groups in total. The summed E-state index contributed by atoms with van der Waals surface area (Å²) in [7, 11) is 0. The molecule has 2 aliphatic heterocycles. The van der Waals surface area contributed by atoms with Gasteiger partial charge in [-0.1, -0.05) is 30.3 Å². The van der Waals surface area contributed by atoms with Gasteiger partial charge in [-0.25, -0.2) is 4.39 Å². The second kappa shape index (κ2) is 6.97. The highest BCUT2D eigenvalue weighted by atomic mass is 19.1. The fourth-order valence-corrected chi connectivity index (χ4v) is 4.54. The summed E-state index contributed by atoms with van der Waals surface area (Å²) in [6.07, 6.45) is 0. The molecule has 2 aromatic rings. The predicted octanol–water partition coefficient (Wildman–Crippen LogP) is 3.44. The lowest BCUT2D eigenvalue weighted by Gasteiger charge is -2.36. The molecule has 4 rings (SSSR count). The Labute approximate surface area is 159 Å². The van der Waals surface area contributed by atoms with Gasteiger partial charge in [0.2, 0.25) is 5.91 Å². The number of halogens is 1. The lowest BCUT2D eigenvalue weighted by atomic mass is 9.89. The molecule has 27 heavy (non-hydrogen) atoms. The zero-order chi connectivity index (χ0) is 19.0. The average Bonchev–Trinajstić information content (AvgIpc) is 3.22. The molecule has 1 amide bonds. The number of para-hydroxylation sites is 1. The fourth-order valence-electron chi connectivity index (χ4n) is 4.54. The van der Waals surface area contributed by atoms with Crippen LogP contribution in [0.2, 0.25) is 0 Å². The number of fused-ring (bicyclic) bond motifs is 1. The number of likely N-dealkylation sites (tertiary alicyclic amines) is 1. The summed E-state index contributed by atoms with van der Waals surface area (Å²) in [4.78, 5) is 15.5. The number of carbonyl (C=O) groups is 1. The molecule has 2 fully saturated rings. The average molecular weight is 367 g/mol. The van der Waals surface area contributed by atoms with Gasteiger partial charge in [0.1, 0.15) is 11.4 Å². The first kappa shape index (κ1) is 18.0. The van der Waals surface area contributed by atoms with Gasteiger partial charge in [0.15, 0.2) is 0 Å². The Morgan fingerprint density at radius 2 is 1.93 bits per heavy atom. The molecule has 0 bridgehead atoms. The molecule has 5 heteroatoms. The first-order valence-corrected chi connectivity index (χ1v) is 9.56. The van der Waals surface area contributed by atoms with Gasteiger partial charge < -0.3 is 15.5 Å². The van der Waals surface area contributed by atoms with Crippen molar-refractivity contribution in [3.8, 4) is 0 Å². The minimum absolute atomic E-state index is 0.0509. The van der Waals surface area contributed by atoms with Gasteiger partial charge in [-0.2, -0.15) is 0 Å². The molecular formula is C22H26FN3O. The fraction of sp³-hybridized carbons (Fsp3) is 0.409. The van der Waals surface area contributed by atoms with E-state index in [1.165, 1.54) is 6.07 Å². The van der Waals surface area contributed by atoms with Crippen LogP contribution in [0.1, 0.15) is 25.5 Å². The van der Waals surface area contributed by atoms with Gasteiger partial charge in [0.25, 0.3) is 0 Å². The Kier molecular flexibility index (Phi) is 4.64. The molecule has 3 atom stereocenters. The third-order valence-electron chi connectivity index (χ3n) is 5.78. The van der Waals surface area contributed by atoms with Crippen LogP contribution >= 0.6 is 0 Å². The van der Waals surface area contributed by atoms with Crippen molar-refractivity contribution in [2.75, 3.05) is 25.0 Å². The molecule has 2 aromatic carbocycles. The predicted molar refractivity (Wildman–Crippen MR) is 105 cm³/mol. The van der Waals surface area contributed by atoms with Crippen LogP contribution in [0.15, 0.2) is 54.6 Å². The maximum absolute atomic E-state index is 13.9. The molecule has 0 radical (unpaired) electrons. The van der Waals surface area contributed by atoms with E-state index in [1.807, 2.05) is 55.1 Å². The molecule has 4 nitrogen and oxygen atoms in total. The molecule has 0 aromatic heterocycles. The highest BCUT2D eigenvalue weighted by Gasteiger charge is 2.49. The van der Waals surface area contributed by atoms with Crippen LogP contribution in [0.3, 0.4) is 0 Å². The van der Waals surface area contributed by atoms with Crippen LogP contribution in [0.25, 0.3) is 0 Å². The van der Waals surface area contributed by atoms with Gasteiger partial charge in [0.05, 0.1) is 6.04 Å². The van der Waals surface area contributed by atoms with Crippen LogP contribution in [0, 0.1) is 17.7 Å². The van der Waals surface area contributed by atoms with Crippen molar-refractivity contribution in [2.24, 2.45) is 11.8 Å². The SMILES string of the molecule is CC(C)(Nc1ccccc1)C(=O)N1C[C@@H]2CNC[C@@H]2[C@@H]1c1cccc(F)c1. The molecule has 0 unspecified atom stereocenters. The Morgan fingerprint density at radius 3 is 2.67 bits per heavy atom. The summed E-state index contributed by atoms with van der Waals surface area (Å²) >= 11 is 0. The standard InChI is InChI=1S/C22H26FN3O/c1-22(2,25-18-9-4-3-5-10-18)21(27)26-14-16-12-24-13-19(16)20(26)15-7-6-8-17(23)11-15/h3-11,16,19-20,24-25H,12-14H2,1-2H3/t16-,19-,20-/m0/s1. The second-order valence-corrected chi connectivity index (χ2v) is 8.16. The number of hydrogen-bond acceptors (Lipinski definition) is 3. The van der Waals surface area contributed by atoms with E-state index in [1.54, 1.807) is 12.1 Å². The van der Waals surface area contributed by atoms with E-state index in [2.05, 4.69) is 10.6 Å². The Bertz CT molecular complexity index is 823. The lowest BCUT2D eigenvalue weighted by molar-refractivity contribution is -0.136. The number of hydrogen-bond donors (Lipinski definition) is 2. The van der Waals surface area contributed by atoms with Crippen LogP contribution in [-0.2, 0) is 4.79 Å². The molecule has 142 valence electrons. The summed E-state index contributed by atoms with van der Waals surface area (Å²) in [5, 5.41) is 6.79. The lowest BCUT2D eigenvalue weighted by Crippen LogP contribution is -2.50. The molecular weight excluding hydrogens is 341 g/mol. The van der Waals surface area contributed by atoms with E-state index < -0.39 is 5.54 Å². The van der Waals surface area contributed by atoms with Crippen molar-refractivity contribution < 1.29 is 9.18 Å². The van der Waals surface area contributed by atoms with Crippen LogP contribution in [0.4, 0.5) is 10.1 Å². The molecule has 0 spiro atoms. The number of anilines is 1. The van der Waals surface area contributed by atoms with E-state index in [9.17, 15) is 9.18 Å². The molecule has 0 saturated carbocycles. The molecule has 2 heterocycles. The smallest absolute Gasteiger partial charge is 0.248 e. The first-order valence-electron chi connectivity index (χ1n) is 9.56. The summed E-state index contributed by atoms with van der Waals surface area (Å²) in [5.41, 5.74) is 1.05. The Hall–Kier alpha value is -2.40. The molecule has 0 aliphatic carbocycles.